The van der Waals surface area contributed by atoms with Gasteiger partial charge in [0.2, 0.25) is 15.9 Å². The minimum atomic E-state index is -3.55. The number of benzene rings is 1. The molecule has 1 aromatic rings. The third-order valence-electron chi connectivity index (χ3n) is 5.38. The molecular weight excluding hydrogens is 324 g/mol. The fourth-order valence-corrected chi connectivity index (χ4v) is 5.41. The van der Waals surface area contributed by atoms with E-state index in [4.69, 9.17) is 5.73 Å². The zero-order valence-corrected chi connectivity index (χ0v) is 14.8. The molecule has 1 aliphatic carbocycles. The Labute approximate surface area is 144 Å². The van der Waals surface area contributed by atoms with Crippen molar-refractivity contribution in [1.29, 1.82) is 0 Å². The zero-order chi connectivity index (χ0) is 17.2. The van der Waals surface area contributed by atoms with Crippen molar-refractivity contribution in [2.75, 3.05) is 13.1 Å². The summed E-state index contributed by atoms with van der Waals surface area (Å²) in [6, 6.07) is 7.34. The van der Waals surface area contributed by atoms with Crippen molar-refractivity contribution in [3.8, 4) is 0 Å². The Balaban J connectivity index is 1.75. The van der Waals surface area contributed by atoms with Crippen molar-refractivity contribution in [3.63, 3.8) is 0 Å². The van der Waals surface area contributed by atoms with Crippen molar-refractivity contribution >= 4 is 15.9 Å². The van der Waals surface area contributed by atoms with Gasteiger partial charge in [-0.2, -0.15) is 4.31 Å². The summed E-state index contributed by atoms with van der Waals surface area (Å²) in [5.41, 5.74) is 6.59. The molecule has 1 aliphatic heterocycles. The highest BCUT2D eigenvalue weighted by Gasteiger charge is 2.32. The molecule has 0 aromatic heterocycles. The van der Waals surface area contributed by atoms with E-state index in [1.54, 1.807) is 12.1 Å². The average molecular weight is 350 g/mol. The molecule has 1 heterocycles. The van der Waals surface area contributed by atoms with E-state index in [1.165, 1.54) is 42.0 Å². The van der Waals surface area contributed by atoms with Gasteiger partial charge in [0.25, 0.3) is 0 Å². The highest BCUT2D eigenvalue weighted by Crippen LogP contribution is 2.33. The maximum absolute atomic E-state index is 12.8. The maximum atomic E-state index is 12.8. The molecular formula is C18H26N2O3S. The molecule has 1 aromatic carbocycles. The van der Waals surface area contributed by atoms with Gasteiger partial charge in [-0.25, -0.2) is 8.42 Å². The molecule has 0 radical (unpaired) electrons. The first-order valence-electron chi connectivity index (χ1n) is 8.88. The summed E-state index contributed by atoms with van der Waals surface area (Å²) in [5.74, 6) is -0.234. The monoisotopic (exact) mass is 350 g/mol. The molecule has 1 unspecified atom stereocenters. The molecule has 24 heavy (non-hydrogen) atoms. The van der Waals surface area contributed by atoms with E-state index in [2.05, 4.69) is 0 Å². The number of nitrogens with zero attached hydrogens (tertiary/aromatic N) is 1. The van der Waals surface area contributed by atoms with Gasteiger partial charge in [0.05, 0.1) is 10.8 Å². The molecule has 132 valence electrons. The Hall–Kier alpha value is -1.40. The van der Waals surface area contributed by atoms with Crippen LogP contribution in [0.3, 0.4) is 0 Å². The normalized spacial score (nSPS) is 23.9. The van der Waals surface area contributed by atoms with Gasteiger partial charge in [-0.1, -0.05) is 31.4 Å². The Kier molecular flexibility index (Phi) is 5.25. The van der Waals surface area contributed by atoms with Crippen molar-refractivity contribution < 1.29 is 13.2 Å². The number of rotatable bonds is 4. The Morgan fingerprint density at radius 1 is 1.00 bits per heavy atom. The number of primary amides is 1. The topological polar surface area (TPSA) is 80.5 Å². The predicted octanol–water partition coefficient (Wildman–Crippen LogP) is 2.62. The lowest BCUT2D eigenvalue weighted by molar-refractivity contribution is -0.122. The van der Waals surface area contributed by atoms with Gasteiger partial charge in [0.15, 0.2) is 0 Å². The van der Waals surface area contributed by atoms with Crippen LogP contribution in [-0.2, 0) is 14.8 Å². The van der Waals surface area contributed by atoms with E-state index in [-0.39, 0.29) is 12.5 Å². The second-order valence-corrected chi connectivity index (χ2v) is 8.95. The zero-order valence-electron chi connectivity index (χ0n) is 14.0. The average Bonchev–Trinajstić information content (AvgIpc) is 2.62. The van der Waals surface area contributed by atoms with Crippen LogP contribution in [0.4, 0.5) is 0 Å². The molecule has 1 saturated heterocycles. The van der Waals surface area contributed by atoms with Crippen LogP contribution >= 0.6 is 0 Å². The lowest BCUT2D eigenvalue weighted by atomic mass is 9.84. The fourth-order valence-electron chi connectivity index (χ4n) is 3.89. The molecule has 2 N–H and O–H groups in total. The van der Waals surface area contributed by atoms with Gasteiger partial charge >= 0.3 is 0 Å². The van der Waals surface area contributed by atoms with Crippen molar-refractivity contribution in [2.24, 2.45) is 11.7 Å². The van der Waals surface area contributed by atoms with Gasteiger partial charge in [0, 0.05) is 13.1 Å². The minimum absolute atomic E-state index is 0.196. The number of amides is 1. The second-order valence-electron chi connectivity index (χ2n) is 7.01. The standard InChI is InChI=1S/C18H26N2O3S/c19-18(21)16-7-4-12-20(13-16)24(22,23)17-10-8-15(9-11-17)14-5-2-1-3-6-14/h8-11,14,16H,1-7,12-13H2,(H2,19,21). The molecule has 1 atom stereocenters. The molecule has 1 saturated carbocycles. The SMILES string of the molecule is NC(=O)C1CCCN(S(=O)(=O)c2ccc(C3CCCCC3)cc2)C1. The number of piperidine rings is 1. The van der Waals surface area contributed by atoms with Crippen LogP contribution in [0.5, 0.6) is 0 Å². The van der Waals surface area contributed by atoms with Crippen LogP contribution in [0.15, 0.2) is 29.2 Å². The lowest BCUT2D eigenvalue weighted by Crippen LogP contribution is -2.44. The summed E-state index contributed by atoms with van der Waals surface area (Å²) in [7, 11) is -3.55. The Morgan fingerprint density at radius 2 is 1.67 bits per heavy atom. The van der Waals surface area contributed by atoms with Crippen molar-refractivity contribution in [1.82, 2.24) is 4.31 Å². The summed E-state index contributed by atoms with van der Waals surface area (Å²) in [4.78, 5) is 11.7. The number of sulfonamides is 1. The first-order valence-corrected chi connectivity index (χ1v) is 10.3. The highest BCUT2D eigenvalue weighted by atomic mass is 32.2. The van der Waals surface area contributed by atoms with E-state index in [0.29, 0.717) is 30.2 Å². The Bertz CT molecular complexity index is 679. The van der Waals surface area contributed by atoms with Crippen molar-refractivity contribution in [2.45, 2.75) is 55.8 Å². The van der Waals surface area contributed by atoms with Crippen LogP contribution in [0.25, 0.3) is 0 Å². The quantitative estimate of drug-likeness (QED) is 0.906. The van der Waals surface area contributed by atoms with Gasteiger partial charge in [-0.05, 0) is 49.3 Å². The number of nitrogens with two attached hydrogens (primary N) is 1. The van der Waals surface area contributed by atoms with Gasteiger partial charge in [-0.3, -0.25) is 4.79 Å². The third-order valence-corrected chi connectivity index (χ3v) is 7.26. The summed E-state index contributed by atoms with van der Waals surface area (Å²) >= 11 is 0. The first-order chi connectivity index (χ1) is 11.5. The molecule has 1 amide bonds. The molecule has 5 nitrogen and oxygen atoms in total. The lowest BCUT2D eigenvalue weighted by Gasteiger charge is -2.30. The molecule has 2 aliphatic rings. The predicted molar refractivity (Wildman–Crippen MR) is 92.9 cm³/mol. The van der Waals surface area contributed by atoms with Crippen molar-refractivity contribution in [3.05, 3.63) is 29.8 Å². The third kappa shape index (κ3) is 3.64. The first kappa shape index (κ1) is 17.4. The van der Waals surface area contributed by atoms with E-state index >= 15 is 0 Å². The largest absolute Gasteiger partial charge is 0.369 e. The van der Waals surface area contributed by atoms with E-state index in [0.717, 1.165) is 0 Å². The summed E-state index contributed by atoms with van der Waals surface area (Å²) < 4.78 is 27.0. The number of hydrogen-bond donors (Lipinski definition) is 1. The Morgan fingerprint density at radius 3 is 2.29 bits per heavy atom. The van der Waals surface area contributed by atoms with Gasteiger partial charge in [-0.15, -0.1) is 0 Å². The van der Waals surface area contributed by atoms with Crippen LogP contribution < -0.4 is 5.73 Å². The summed E-state index contributed by atoms with van der Waals surface area (Å²) in [6.45, 7) is 0.651. The molecule has 3 rings (SSSR count). The number of hydrogen-bond acceptors (Lipinski definition) is 3. The summed E-state index contributed by atoms with van der Waals surface area (Å²) in [6.07, 6.45) is 7.55. The van der Waals surface area contributed by atoms with Gasteiger partial charge < -0.3 is 5.73 Å². The molecule has 0 spiro atoms. The van der Waals surface area contributed by atoms with Gasteiger partial charge in [0.1, 0.15) is 0 Å². The van der Waals surface area contributed by atoms with Crippen LogP contribution in [0, 0.1) is 5.92 Å². The number of carbonyl (C=O) groups is 1. The second kappa shape index (κ2) is 7.23. The molecule has 2 fully saturated rings. The van der Waals surface area contributed by atoms with E-state index in [9.17, 15) is 13.2 Å². The van der Waals surface area contributed by atoms with Crippen LogP contribution in [-0.4, -0.2) is 31.7 Å². The molecule has 0 bridgehead atoms. The molecule has 6 heteroatoms. The maximum Gasteiger partial charge on any atom is 0.243 e. The highest BCUT2D eigenvalue weighted by molar-refractivity contribution is 7.89. The smallest absolute Gasteiger partial charge is 0.243 e. The summed E-state index contributed by atoms with van der Waals surface area (Å²) in [5, 5.41) is 0. The van der Waals surface area contributed by atoms with E-state index in [1.807, 2.05) is 12.1 Å². The fraction of sp³-hybridized carbons (Fsp3) is 0.611. The van der Waals surface area contributed by atoms with Crippen LogP contribution in [0.2, 0.25) is 0 Å². The minimum Gasteiger partial charge on any atom is -0.369 e. The number of carbonyl (C=O) groups excluding carboxylic acids is 1. The van der Waals surface area contributed by atoms with E-state index < -0.39 is 15.9 Å². The van der Waals surface area contributed by atoms with Crippen LogP contribution in [0.1, 0.15) is 56.4 Å².